The van der Waals surface area contributed by atoms with Gasteiger partial charge >= 0.3 is 0 Å². The fraction of sp³-hybridized carbons (Fsp3) is 0.571. The van der Waals surface area contributed by atoms with Crippen LogP contribution in [0.2, 0.25) is 0 Å². The zero-order chi connectivity index (χ0) is 20.3. The predicted octanol–water partition coefficient (Wildman–Crippen LogP) is 4.53. The second kappa shape index (κ2) is 9.27. The molecule has 0 saturated heterocycles. The van der Waals surface area contributed by atoms with Crippen molar-refractivity contribution in [1.82, 2.24) is 14.5 Å². The van der Waals surface area contributed by atoms with Crippen molar-refractivity contribution in [2.45, 2.75) is 70.6 Å². The van der Waals surface area contributed by atoms with Gasteiger partial charge in [0.1, 0.15) is 4.83 Å². The molecule has 5 nitrogen and oxygen atoms in total. The van der Waals surface area contributed by atoms with Crippen LogP contribution in [-0.2, 0) is 11.3 Å². The van der Waals surface area contributed by atoms with Crippen LogP contribution in [0.5, 0.6) is 0 Å². The summed E-state index contributed by atoms with van der Waals surface area (Å²) in [5.41, 5.74) is 0.957. The lowest BCUT2D eigenvalue weighted by Crippen LogP contribution is -2.42. The minimum absolute atomic E-state index is 0.0404. The minimum Gasteiger partial charge on any atom is -0.339 e. The van der Waals surface area contributed by atoms with Crippen molar-refractivity contribution < 1.29 is 4.79 Å². The van der Waals surface area contributed by atoms with Gasteiger partial charge in [0.15, 0.2) is 5.16 Å². The predicted molar refractivity (Wildman–Crippen MR) is 119 cm³/mol. The minimum atomic E-state index is -0.0404. The number of amides is 1. The molecule has 2 aromatic heterocycles. The number of carbonyl (C=O) groups is 1. The second-order valence-electron chi connectivity index (χ2n) is 7.32. The number of hydrogen-bond acceptors (Lipinski definition) is 5. The van der Waals surface area contributed by atoms with Gasteiger partial charge in [-0.25, -0.2) is 4.98 Å². The Labute approximate surface area is 174 Å². The number of rotatable bonds is 7. The van der Waals surface area contributed by atoms with E-state index in [4.69, 9.17) is 4.98 Å². The lowest BCUT2D eigenvalue weighted by molar-refractivity contribution is -0.131. The largest absolute Gasteiger partial charge is 0.339 e. The number of thioether (sulfide) groups is 1. The first kappa shape index (κ1) is 21.1. The Balaban J connectivity index is 1.84. The molecule has 1 aliphatic carbocycles. The molecule has 28 heavy (non-hydrogen) atoms. The highest BCUT2D eigenvalue weighted by molar-refractivity contribution is 7.99. The summed E-state index contributed by atoms with van der Waals surface area (Å²) in [7, 11) is 0. The van der Waals surface area contributed by atoms with E-state index in [1.54, 1.807) is 22.0 Å². The van der Waals surface area contributed by atoms with E-state index < -0.39 is 0 Å². The third-order valence-corrected chi connectivity index (χ3v) is 7.63. The van der Waals surface area contributed by atoms with E-state index in [1.165, 1.54) is 31.0 Å². The molecule has 0 aliphatic heterocycles. The van der Waals surface area contributed by atoms with E-state index in [0.717, 1.165) is 34.7 Å². The van der Waals surface area contributed by atoms with Crippen LogP contribution in [0.1, 0.15) is 49.5 Å². The van der Waals surface area contributed by atoms with E-state index in [9.17, 15) is 9.59 Å². The molecule has 2 heterocycles. The van der Waals surface area contributed by atoms with Crippen molar-refractivity contribution in [2.75, 3.05) is 12.3 Å². The van der Waals surface area contributed by atoms with Gasteiger partial charge in [0.05, 0.1) is 11.1 Å². The number of carbonyl (C=O) groups excluding carboxylic acids is 1. The van der Waals surface area contributed by atoms with Crippen molar-refractivity contribution in [3.05, 3.63) is 33.4 Å². The van der Waals surface area contributed by atoms with Gasteiger partial charge in [-0.2, -0.15) is 0 Å². The molecule has 1 fully saturated rings. The highest BCUT2D eigenvalue weighted by atomic mass is 32.2. The summed E-state index contributed by atoms with van der Waals surface area (Å²) < 4.78 is 1.64. The smallest absolute Gasteiger partial charge is 0.263 e. The molecule has 152 valence electrons. The first-order valence-corrected chi connectivity index (χ1v) is 11.8. The third-order valence-electron chi connectivity index (χ3n) is 5.57. The number of fused-ring (bicyclic) bond motifs is 1. The van der Waals surface area contributed by atoms with Gasteiger partial charge in [0.25, 0.3) is 5.56 Å². The summed E-state index contributed by atoms with van der Waals surface area (Å²) in [5.74, 6) is 0.445. The summed E-state index contributed by atoms with van der Waals surface area (Å²) in [4.78, 5) is 34.5. The number of nitrogens with zero attached hydrogens (tertiary/aromatic N) is 3. The highest BCUT2D eigenvalue weighted by Crippen LogP contribution is 2.29. The van der Waals surface area contributed by atoms with Crippen LogP contribution in [0.25, 0.3) is 10.2 Å². The van der Waals surface area contributed by atoms with Gasteiger partial charge in [0, 0.05) is 24.0 Å². The maximum Gasteiger partial charge on any atom is 0.263 e. The van der Waals surface area contributed by atoms with Crippen LogP contribution in [0.15, 0.2) is 22.6 Å². The van der Waals surface area contributed by atoms with E-state index in [2.05, 4.69) is 6.58 Å². The Hall–Kier alpha value is -1.60. The molecule has 0 atom stereocenters. The van der Waals surface area contributed by atoms with Gasteiger partial charge in [-0.1, -0.05) is 37.1 Å². The van der Waals surface area contributed by atoms with Crippen LogP contribution in [0.3, 0.4) is 0 Å². The SMILES string of the molecule is C=CCn1c(SCC(=O)N(CC)C2CCCCC2)nc2sc(C)c(C)c2c1=O. The highest BCUT2D eigenvalue weighted by Gasteiger charge is 2.25. The normalized spacial score (nSPS) is 15.1. The topological polar surface area (TPSA) is 55.2 Å². The average Bonchev–Trinajstić information content (AvgIpc) is 2.98. The lowest BCUT2D eigenvalue weighted by atomic mass is 9.94. The Morgan fingerprint density at radius 2 is 2.07 bits per heavy atom. The fourth-order valence-electron chi connectivity index (χ4n) is 3.95. The summed E-state index contributed by atoms with van der Waals surface area (Å²) in [5, 5.41) is 1.30. The van der Waals surface area contributed by atoms with Crippen LogP contribution >= 0.6 is 23.1 Å². The molecule has 0 unspecified atom stereocenters. The van der Waals surface area contributed by atoms with Crippen LogP contribution < -0.4 is 5.56 Å². The zero-order valence-corrected chi connectivity index (χ0v) is 18.6. The molecule has 0 radical (unpaired) electrons. The molecule has 0 N–H and O–H groups in total. The van der Waals surface area contributed by atoms with Gasteiger partial charge in [-0.15, -0.1) is 17.9 Å². The summed E-state index contributed by atoms with van der Waals surface area (Å²) in [6, 6.07) is 0.361. The van der Waals surface area contributed by atoms with Crippen LogP contribution in [-0.4, -0.2) is 38.7 Å². The summed E-state index contributed by atoms with van der Waals surface area (Å²) >= 11 is 2.91. The van der Waals surface area contributed by atoms with Crippen molar-refractivity contribution in [1.29, 1.82) is 0 Å². The van der Waals surface area contributed by atoms with E-state index in [0.29, 0.717) is 28.9 Å². The van der Waals surface area contributed by atoms with Gasteiger partial charge in [-0.05, 0) is 39.2 Å². The molecule has 3 rings (SSSR count). The number of allylic oxidation sites excluding steroid dienone is 1. The Morgan fingerprint density at radius 1 is 1.36 bits per heavy atom. The standard InChI is InChI=1S/C21H29N3O2S2/c1-5-12-24-20(26)18-14(3)15(4)28-19(18)22-21(24)27-13-17(25)23(6-2)16-10-8-7-9-11-16/h5,16H,1,6-13H2,2-4H3. The maximum atomic E-state index is 13.0. The third kappa shape index (κ3) is 4.20. The van der Waals surface area contributed by atoms with E-state index in [1.807, 2.05) is 25.7 Å². The molecule has 0 bridgehead atoms. The molecule has 1 amide bonds. The molecule has 1 saturated carbocycles. The van der Waals surface area contributed by atoms with Crippen molar-refractivity contribution in [3.63, 3.8) is 0 Å². The first-order chi connectivity index (χ1) is 13.5. The molecular formula is C21H29N3O2S2. The van der Waals surface area contributed by atoms with Gasteiger partial charge in [-0.3, -0.25) is 14.2 Å². The Bertz CT molecular complexity index is 926. The van der Waals surface area contributed by atoms with Gasteiger partial charge in [0.2, 0.25) is 5.91 Å². The quantitative estimate of drug-likeness (QED) is 0.376. The zero-order valence-electron chi connectivity index (χ0n) is 17.0. The fourth-order valence-corrected chi connectivity index (χ4v) is 5.91. The average molecular weight is 420 g/mol. The number of aryl methyl sites for hydroxylation is 2. The van der Waals surface area contributed by atoms with E-state index in [-0.39, 0.29) is 11.5 Å². The molecular weight excluding hydrogens is 390 g/mol. The number of thiophene rings is 1. The molecule has 0 spiro atoms. The van der Waals surface area contributed by atoms with Crippen molar-refractivity contribution in [2.24, 2.45) is 0 Å². The van der Waals surface area contributed by atoms with E-state index >= 15 is 0 Å². The Morgan fingerprint density at radius 3 is 2.71 bits per heavy atom. The number of hydrogen-bond donors (Lipinski definition) is 0. The molecule has 2 aromatic rings. The molecule has 1 aliphatic rings. The summed E-state index contributed by atoms with van der Waals surface area (Å²) in [6.45, 7) is 10.9. The maximum absolute atomic E-state index is 13.0. The monoisotopic (exact) mass is 419 g/mol. The summed E-state index contributed by atoms with van der Waals surface area (Å²) in [6.07, 6.45) is 7.59. The van der Waals surface area contributed by atoms with Crippen molar-refractivity contribution in [3.8, 4) is 0 Å². The number of aromatic nitrogens is 2. The van der Waals surface area contributed by atoms with Crippen LogP contribution in [0, 0.1) is 13.8 Å². The second-order valence-corrected chi connectivity index (χ2v) is 9.47. The van der Waals surface area contributed by atoms with Crippen molar-refractivity contribution >= 4 is 39.2 Å². The lowest BCUT2D eigenvalue weighted by Gasteiger charge is -2.33. The van der Waals surface area contributed by atoms with Crippen LogP contribution in [0.4, 0.5) is 0 Å². The molecule has 7 heteroatoms. The van der Waals surface area contributed by atoms with Gasteiger partial charge < -0.3 is 4.90 Å². The molecule has 0 aromatic carbocycles. The first-order valence-electron chi connectivity index (χ1n) is 10.0. The Kier molecular flexibility index (Phi) is 6.99.